The number of nitrogens with zero attached hydrogens (tertiary/aromatic N) is 2. The summed E-state index contributed by atoms with van der Waals surface area (Å²) in [6.45, 7) is 3.18. The molecule has 0 saturated carbocycles. The molecule has 0 aliphatic heterocycles. The molecular formula is C18H22N2O2. The summed E-state index contributed by atoms with van der Waals surface area (Å²) in [5.41, 5.74) is 1.91. The van der Waals surface area contributed by atoms with Crippen LogP contribution in [0.3, 0.4) is 0 Å². The Kier molecular flexibility index (Phi) is 5.42. The molecule has 0 radical (unpaired) electrons. The van der Waals surface area contributed by atoms with Gasteiger partial charge in [0, 0.05) is 25.0 Å². The highest BCUT2D eigenvalue weighted by atomic mass is 16.5. The highest BCUT2D eigenvalue weighted by Gasteiger charge is 2.15. The van der Waals surface area contributed by atoms with Crippen LogP contribution in [0, 0.1) is 0 Å². The maximum Gasteiger partial charge on any atom is 0.246 e. The zero-order valence-corrected chi connectivity index (χ0v) is 13.3. The minimum Gasteiger partial charge on any atom is -0.497 e. The van der Waals surface area contributed by atoms with E-state index in [0.717, 1.165) is 23.7 Å². The Morgan fingerprint density at radius 2 is 1.64 bits per heavy atom. The average Bonchev–Trinajstić information content (AvgIpc) is 2.59. The number of para-hydroxylation sites is 1. The van der Waals surface area contributed by atoms with Gasteiger partial charge in [-0.2, -0.15) is 0 Å². The Morgan fingerprint density at radius 3 is 2.18 bits per heavy atom. The number of rotatable bonds is 6. The summed E-state index contributed by atoms with van der Waals surface area (Å²) in [5.74, 6) is 0.833. The number of ether oxygens (including phenoxy) is 1. The fourth-order valence-electron chi connectivity index (χ4n) is 2.24. The lowest BCUT2D eigenvalue weighted by molar-refractivity contribution is -0.117. The van der Waals surface area contributed by atoms with E-state index in [0.29, 0.717) is 6.54 Å². The Balaban J connectivity index is 2.06. The van der Waals surface area contributed by atoms with Crippen LogP contribution < -0.4 is 14.5 Å². The lowest BCUT2D eigenvalue weighted by atomic mass is 10.2. The SMILES string of the molecule is CCN(CC(=O)N(C)c1ccc(OC)cc1)c1ccccc1. The molecule has 0 heterocycles. The number of hydrogen-bond donors (Lipinski definition) is 0. The van der Waals surface area contributed by atoms with Gasteiger partial charge >= 0.3 is 0 Å². The Morgan fingerprint density at radius 1 is 1.00 bits per heavy atom. The van der Waals surface area contributed by atoms with Gasteiger partial charge in [-0.3, -0.25) is 4.79 Å². The molecule has 4 heteroatoms. The van der Waals surface area contributed by atoms with E-state index in [9.17, 15) is 4.79 Å². The van der Waals surface area contributed by atoms with Gasteiger partial charge in [0.2, 0.25) is 5.91 Å². The van der Waals surface area contributed by atoms with E-state index in [1.54, 1.807) is 19.1 Å². The summed E-state index contributed by atoms with van der Waals surface area (Å²) in [4.78, 5) is 16.2. The van der Waals surface area contributed by atoms with E-state index >= 15 is 0 Å². The fraction of sp³-hybridized carbons (Fsp3) is 0.278. The zero-order valence-electron chi connectivity index (χ0n) is 13.3. The summed E-state index contributed by atoms with van der Waals surface area (Å²) >= 11 is 0. The molecule has 2 aromatic rings. The van der Waals surface area contributed by atoms with Gasteiger partial charge in [-0.25, -0.2) is 0 Å². The van der Waals surface area contributed by atoms with Gasteiger partial charge in [-0.15, -0.1) is 0 Å². The molecule has 0 atom stereocenters. The molecule has 0 aromatic heterocycles. The zero-order chi connectivity index (χ0) is 15.9. The molecule has 2 rings (SSSR count). The molecule has 0 aliphatic rings. The van der Waals surface area contributed by atoms with Crippen LogP contribution in [-0.4, -0.2) is 33.2 Å². The summed E-state index contributed by atoms with van der Waals surface area (Å²) in [6.07, 6.45) is 0. The van der Waals surface area contributed by atoms with Crippen LogP contribution in [-0.2, 0) is 4.79 Å². The van der Waals surface area contributed by atoms with Gasteiger partial charge in [0.1, 0.15) is 5.75 Å². The van der Waals surface area contributed by atoms with Crippen molar-refractivity contribution < 1.29 is 9.53 Å². The topological polar surface area (TPSA) is 32.8 Å². The van der Waals surface area contributed by atoms with E-state index in [1.807, 2.05) is 61.5 Å². The number of likely N-dealkylation sites (N-methyl/N-ethyl adjacent to an activating group) is 2. The van der Waals surface area contributed by atoms with Crippen LogP contribution in [0.25, 0.3) is 0 Å². The van der Waals surface area contributed by atoms with Crippen molar-refractivity contribution in [3.8, 4) is 5.75 Å². The molecule has 0 saturated heterocycles. The predicted molar refractivity (Wildman–Crippen MR) is 90.7 cm³/mol. The summed E-state index contributed by atoms with van der Waals surface area (Å²) in [5, 5.41) is 0. The van der Waals surface area contributed by atoms with Crippen molar-refractivity contribution in [2.45, 2.75) is 6.92 Å². The monoisotopic (exact) mass is 298 g/mol. The van der Waals surface area contributed by atoms with Gasteiger partial charge in [-0.1, -0.05) is 18.2 Å². The quantitative estimate of drug-likeness (QED) is 0.821. The molecule has 0 spiro atoms. The molecule has 1 amide bonds. The molecule has 0 fully saturated rings. The lowest BCUT2D eigenvalue weighted by Gasteiger charge is -2.26. The first-order chi connectivity index (χ1) is 10.7. The van der Waals surface area contributed by atoms with E-state index in [2.05, 4.69) is 4.90 Å². The van der Waals surface area contributed by atoms with E-state index in [1.165, 1.54) is 0 Å². The molecule has 0 aliphatic carbocycles. The summed E-state index contributed by atoms with van der Waals surface area (Å²) in [7, 11) is 3.42. The minimum atomic E-state index is 0.0517. The lowest BCUT2D eigenvalue weighted by Crippen LogP contribution is -2.38. The fourth-order valence-corrected chi connectivity index (χ4v) is 2.24. The first-order valence-electron chi connectivity index (χ1n) is 7.36. The number of methoxy groups -OCH3 is 1. The number of carbonyl (C=O) groups is 1. The van der Waals surface area contributed by atoms with Crippen molar-refractivity contribution in [1.29, 1.82) is 0 Å². The third kappa shape index (κ3) is 3.79. The second-order valence-corrected chi connectivity index (χ2v) is 5.00. The average molecular weight is 298 g/mol. The minimum absolute atomic E-state index is 0.0517. The number of carbonyl (C=O) groups excluding carboxylic acids is 1. The second-order valence-electron chi connectivity index (χ2n) is 5.00. The number of anilines is 2. The van der Waals surface area contributed by atoms with Gasteiger partial charge in [0.25, 0.3) is 0 Å². The summed E-state index contributed by atoms with van der Waals surface area (Å²) < 4.78 is 5.14. The Labute approximate surface area is 131 Å². The number of benzene rings is 2. The van der Waals surface area contributed by atoms with E-state index in [4.69, 9.17) is 4.74 Å². The van der Waals surface area contributed by atoms with Crippen LogP contribution >= 0.6 is 0 Å². The second kappa shape index (κ2) is 7.50. The first-order valence-corrected chi connectivity index (χ1v) is 7.36. The van der Waals surface area contributed by atoms with Gasteiger partial charge in [-0.05, 0) is 43.3 Å². The number of hydrogen-bond acceptors (Lipinski definition) is 3. The first kappa shape index (κ1) is 15.9. The van der Waals surface area contributed by atoms with Crippen LogP contribution in [0.4, 0.5) is 11.4 Å². The van der Waals surface area contributed by atoms with Crippen LogP contribution in [0.5, 0.6) is 5.75 Å². The summed E-state index contributed by atoms with van der Waals surface area (Å²) in [6, 6.07) is 17.5. The molecule has 116 valence electrons. The van der Waals surface area contributed by atoms with Crippen molar-refractivity contribution in [2.24, 2.45) is 0 Å². The number of amides is 1. The highest BCUT2D eigenvalue weighted by molar-refractivity contribution is 5.96. The molecule has 2 aromatic carbocycles. The van der Waals surface area contributed by atoms with Crippen molar-refractivity contribution in [3.63, 3.8) is 0 Å². The normalized spacial score (nSPS) is 10.1. The van der Waals surface area contributed by atoms with Crippen LogP contribution in [0.2, 0.25) is 0 Å². The van der Waals surface area contributed by atoms with Crippen LogP contribution in [0.1, 0.15) is 6.92 Å². The van der Waals surface area contributed by atoms with Gasteiger partial charge in [0.05, 0.1) is 13.7 Å². The largest absolute Gasteiger partial charge is 0.497 e. The third-order valence-electron chi connectivity index (χ3n) is 3.66. The van der Waals surface area contributed by atoms with Crippen molar-refractivity contribution in [2.75, 3.05) is 37.0 Å². The van der Waals surface area contributed by atoms with Gasteiger partial charge in [0.15, 0.2) is 0 Å². The van der Waals surface area contributed by atoms with Crippen molar-refractivity contribution >= 4 is 17.3 Å². The van der Waals surface area contributed by atoms with E-state index < -0.39 is 0 Å². The maximum atomic E-state index is 12.5. The molecule has 0 unspecified atom stereocenters. The van der Waals surface area contributed by atoms with E-state index in [-0.39, 0.29) is 5.91 Å². The predicted octanol–water partition coefficient (Wildman–Crippen LogP) is 3.18. The molecular weight excluding hydrogens is 276 g/mol. The van der Waals surface area contributed by atoms with Crippen molar-refractivity contribution in [3.05, 3.63) is 54.6 Å². The van der Waals surface area contributed by atoms with Crippen molar-refractivity contribution in [1.82, 2.24) is 0 Å². The molecule has 22 heavy (non-hydrogen) atoms. The smallest absolute Gasteiger partial charge is 0.246 e. The molecule has 4 nitrogen and oxygen atoms in total. The Bertz CT molecular complexity index is 596. The van der Waals surface area contributed by atoms with Crippen LogP contribution in [0.15, 0.2) is 54.6 Å². The molecule has 0 N–H and O–H groups in total. The van der Waals surface area contributed by atoms with Gasteiger partial charge < -0.3 is 14.5 Å². The third-order valence-corrected chi connectivity index (χ3v) is 3.66. The standard InChI is InChI=1S/C18H22N2O2/c1-4-20(16-8-6-5-7-9-16)14-18(21)19(2)15-10-12-17(22-3)13-11-15/h5-13H,4,14H2,1-3H3. The maximum absolute atomic E-state index is 12.5. The molecule has 0 bridgehead atoms. The Hall–Kier alpha value is -2.49. The highest BCUT2D eigenvalue weighted by Crippen LogP contribution is 2.19.